The first-order valence-electron chi connectivity index (χ1n) is 6.95. The lowest BCUT2D eigenvalue weighted by Gasteiger charge is -2.10. The molecule has 3 rings (SSSR count). The predicted octanol–water partition coefficient (Wildman–Crippen LogP) is 4.64. The van der Waals surface area contributed by atoms with Crippen LogP contribution in [0.5, 0.6) is 0 Å². The maximum absolute atomic E-state index is 9.44. The number of benzene rings is 2. The molecule has 0 spiro atoms. The molecule has 0 N–H and O–H groups in total. The second-order valence-electron chi connectivity index (χ2n) is 5.19. The van der Waals surface area contributed by atoms with Crippen LogP contribution in [0.25, 0.3) is 6.08 Å². The van der Waals surface area contributed by atoms with E-state index in [1.165, 1.54) is 30.5 Å². The van der Waals surface area contributed by atoms with Crippen molar-refractivity contribution in [1.29, 1.82) is 0 Å². The molecule has 1 aliphatic rings. The van der Waals surface area contributed by atoms with Crippen LogP contribution in [-0.4, -0.2) is 5.78 Å². The zero-order valence-electron chi connectivity index (χ0n) is 12.0. The van der Waals surface area contributed by atoms with Gasteiger partial charge in [0, 0.05) is 5.92 Å². The minimum Gasteiger partial charge on any atom is -0.300 e. The van der Waals surface area contributed by atoms with E-state index >= 15 is 0 Å². The van der Waals surface area contributed by atoms with Gasteiger partial charge < -0.3 is 4.79 Å². The Morgan fingerprint density at radius 2 is 1.55 bits per heavy atom. The Morgan fingerprint density at radius 1 is 0.950 bits per heavy atom. The molecular weight excluding hydrogens is 244 g/mol. The van der Waals surface area contributed by atoms with Crippen molar-refractivity contribution in [3.05, 3.63) is 77.4 Å². The minimum atomic E-state index is 0.167. The fraction of sp³-hybridized carbons (Fsp3) is 0.211. The molecule has 1 nitrogen and oxygen atoms in total. The van der Waals surface area contributed by atoms with Crippen molar-refractivity contribution in [3.63, 3.8) is 0 Å². The largest absolute Gasteiger partial charge is 0.300 e. The summed E-state index contributed by atoms with van der Waals surface area (Å²) in [5.41, 5.74) is 4.25. The lowest BCUT2D eigenvalue weighted by Crippen LogP contribution is -1.97. The van der Waals surface area contributed by atoms with Gasteiger partial charge in [-0.25, -0.2) is 0 Å². The molecule has 1 aliphatic carbocycles. The van der Waals surface area contributed by atoms with Gasteiger partial charge in [-0.15, -0.1) is 0 Å². The Bertz CT molecular complexity index is 592. The fourth-order valence-corrected chi connectivity index (χ4v) is 2.37. The van der Waals surface area contributed by atoms with Crippen molar-refractivity contribution in [2.24, 2.45) is 0 Å². The van der Waals surface area contributed by atoms with Crippen molar-refractivity contribution in [1.82, 2.24) is 0 Å². The first kappa shape index (κ1) is 14.3. The number of hydrogen-bond acceptors (Lipinski definition) is 1. The first-order valence-corrected chi connectivity index (χ1v) is 6.95. The number of carbonyl (C=O) groups excluding carboxylic acids is 1. The Morgan fingerprint density at radius 3 is 2.25 bits per heavy atom. The van der Waals surface area contributed by atoms with Gasteiger partial charge in [0.2, 0.25) is 0 Å². The van der Waals surface area contributed by atoms with Crippen molar-refractivity contribution >= 4 is 11.9 Å². The maximum atomic E-state index is 9.44. The second kappa shape index (κ2) is 6.85. The lowest BCUT2D eigenvalue weighted by molar-refractivity contribution is -0.114. The van der Waals surface area contributed by atoms with Gasteiger partial charge in [-0.2, -0.15) is 0 Å². The third kappa shape index (κ3) is 3.92. The molecule has 102 valence electrons. The minimum absolute atomic E-state index is 0.167. The quantitative estimate of drug-likeness (QED) is 0.772. The first-order chi connectivity index (χ1) is 9.66. The monoisotopic (exact) mass is 264 g/mol. The molecular formula is C19H20O. The second-order valence-corrected chi connectivity index (χ2v) is 5.19. The van der Waals surface area contributed by atoms with E-state index < -0.39 is 0 Å². The number of hydrogen-bond donors (Lipinski definition) is 0. The van der Waals surface area contributed by atoms with Gasteiger partial charge in [0.25, 0.3) is 0 Å². The summed E-state index contributed by atoms with van der Waals surface area (Å²) in [6.45, 7) is 3.06. The third-order valence-electron chi connectivity index (χ3n) is 3.20. The smallest absolute Gasteiger partial charge is 0.126 e. The van der Waals surface area contributed by atoms with E-state index in [1.807, 2.05) is 0 Å². The van der Waals surface area contributed by atoms with Crippen LogP contribution in [0.2, 0.25) is 0 Å². The average molecular weight is 264 g/mol. The number of carbonyl (C=O) groups is 1. The summed E-state index contributed by atoms with van der Waals surface area (Å²) < 4.78 is 0. The molecule has 1 heteroatoms. The lowest BCUT2D eigenvalue weighted by atomic mass is 9.94. The average Bonchev–Trinajstić information content (AvgIpc) is 2.83. The highest BCUT2D eigenvalue weighted by molar-refractivity contribution is 5.72. The Hall–Kier alpha value is -2.15. The van der Waals surface area contributed by atoms with E-state index in [2.05, 4.69) is 66.7 Å². The molecule has 2 aromatic rings. The molecule has 20 heavy (non-hydrogen) atoms. The van der Waals surface area contributed by atoms with Crippen LogP contribution in [0.4, 0.5) is 0 Å². The topological polar surface area (TPSA) is 17.1 Å². The van der Waals surface area contributed by atoms with Gasteiger partial charge in [-0.1, -0.05) is 66.7 Å². The molecule has 0 radical (unpaired) electrons. The van der Waals surface area contributed by atoms with Gasteiger partial charge in [-0.05, 0) is 37.0 Å². The Kier molecular flexibility index (Phi) is 4.89. The Balaban J connectivity index is 0.000000328. The van der Waals surface area contributed by atoms with Crippen LogP contribution in [0.3, 0.4) is 0 Å². The van der Waals surface area contributed by atoms with Crippen LogP contribution >= 0.6 is 0 Å². The van der Waals surface area contributed by atoms with E-state index in [0.29, 0.717) is 5.92 Å². The van der Waals surface area contributed by atoms with Crippen LogP contribution in [0.1, 0.15) is 36.5 Å². The van der Waals surface area contributed by atoms with Crippen molar-refractivity contribution < 1.29 is 4.79 Å². The van der Waals surface area contributed by atoms with Crippen LogP contribution in [0.15, 0.2) is 60.7 Å². The van der Waals surface area contributed by atoms with E-state index in [9.17, 15) is 4.79 Å². The number of ketones is 1. The number of rotatable bonds is 2. The molecule has 0 fully saturated rings. The standard InChI is InChI=1S/C16H14.C3H6O/c1-2-6-13(7-3-1)12-15-11-10-14-8-4-5-9-16(14)15;1-3(2)4/h1-11,15H,12H2;1-2H3. The summed E-state index contributed by atoms with van der Waals surface area (Å²) in [5, 5.41) is 0. The summed E-state index contributed by atoms with van der Waals surface area (Å²) >= 11 is 0. The SMILES string of the molecule is C1=CC(Cc2ccccc2)c2ccccc21.CC(C)=O. The number of fused-ring (bicyclic) bond motifs is 1. The van der Waals surface area contributed by atoms with E-state index in [0.717, 1.165) is 6.42 Å². The zero-order chi connectivity index (χ0) is 14.4. The molecule has 0 amide bonds. The summed E-state index contributed by atoms with van der Waals surface area (Å²) in [4.78, 5) is 9.44. The number of allylic oxidation sites excluding steroid dienone is 1. The van der Waals surface area contributed by atoms with Gasteiger partial charge in [0.05, 0.1) is 0 Å². The van der Waals surface area contributed by atoms with Gasteiger partial charge >= 0.3 is 0 Å². The van der Waals surface area contributed by atoms with Crippen molar-refractivity contribution in [3.8, 4) is 0 Å². The molecule has 1 atom stereocenters. The fourth-order valence-electron chi connectivity index (χ4n) is 2.37. The van der Waals surface area contributed by atoms with E-state index in [-0.39, 0.29) is 5.78 Å². The molecule has 0 bridgehead atoms. The summed E-state index contributed by atoms with van der Waals surface area (Å²) in [6, 6.07) is 19.4. The molecule has 1 unspecified atom stereocenters. The van der Waals surface area contributed by atoms with E-state index in [4.69, 9.17) is 0 Å². The molecule has 0 aliphatic heterocycles. The highest BCUT2D eigenvalue weighted by Crippen LogP contribution is 2.32. The van der Waals surface area contributed by atoms with E-state index in [1.54, 1.807) is 0 Å². The van der Waals surface area contributed by atoms with Crippen LogP contribution < -0.4 is 0 Å². The van der Waals surface area contributed by atoms with Crippen LogP contribution in [-0.2, 0) is 11.2 Å². The third-order valence-corrected chi connectivity index (χ3v) is 3.20. The molecule has 0 aromatic heterocycles. The van der Waals surface area contributed by atoms with Gasteiger partial charge in [0.15, 0.2) is 0 Å². The molecule has 0 saturated carbocycles. The summed E-state index contributed by atoms with van der Waals surface area (Å²) in [7, 11) is 0. The highest BCUT2D eigenvalue weighted by atomic mass is 16.1. The maximum Gasteiger partial charge on any atom is 0.126 e. The van der Waals surface area contributed by atoms with Gasteiger partial charge in [-0.3, -0.25) is 0 Å². The zero-order valence-corrected chi connectivity index (χ0v) is 12.0. The molecule has 0 saturated heterocycles. The summed E-state index contributed by atoms with van der Waals surface area (Å²) in [6.07, 6.45) is 5.66. The van der Waals surface area contributed by atoms with Crippen LogP contribution in [0, 0.1) is 0 Å². The predicted molar refractivity (Wildman–Crippen MR) is 84.7 cm³/mol. The van der Waals surface area contributed by atoms with Crippen molar-refractivity contribution in [2.45, 2.75) is 26.2 Å². The summed E-state index contributed by atoms with van der Waals surface area (Å²) in [5.74, 6) is 0.721. The normalized spacial score (nSPS) is 15.2. The number of Topliss-reactive ketones (excluding diaryl/α,β-unsaturated/α-hetero) is 1. The molecule has 2 aromatic carbocycles. The highest BCUT2D eigenvalue weighted by Gasteiger charge is 2.16. The molecule has 0 heterocycles. The Labute approximate surface area is 121 Å². The van der Waals surface area contributed by atoms with Crippen molar-refractivity contribution in [2.75, 3.05) is 0 Å². The van der Waals surface area contributed by atoms with Gasteiger partial charge in [0.1, 0.15) is 5.78 Å².